The van der Waals surface area contributed by atoms with Crippen molar-refractivity contribution in [2.45, 2.75) is 24.8 Å². The molecular formula is C12H16Cl2N4OS. The summed E-state index contributed by atoms with van der Waals surface area (Å²) in [4.78, 5) is 11.8. The summed E-state index contributed by atoms with van der Waals surface area (Å²) >= 11 is 17.4. The summed E-state index contributed by atoms with van der Waals surface area (Å²) in [6, 6.07) is 7.22. The van der Waals surface area contributed by atoms with Crippen molar-refractivity contribution in [2.75, 3.05) is 10.7 Å². The van der Waals surface area contributed by atoms with Crippen LogP contribution in [0.4, 0.5) is 11.4 Å². The van der Waals surface area contributed by atoms with Crippen molar-refractivity contribution in [1.29, 1.82) is 0 Å². The van der Waals surface area contributed by atoms with Crippen molar-refractivity contribution >= 4 is 58.3 Å². The summed E-state index contributed by atoms with van der Waals surface area (Å²) in [5.41, 5.74) is 5.97. The Labute approximate surface area is 133 Å². The van der Waals surface area contributed by atoms with E-state index >= 15 is 0 Å². The molecule has 1 aromatic rings. The number of carbonyl (C=O) groups excluding carboxylic acids is 1. The van der Waals surface area contributed by atoms with E-state index in [9.17, 15) is 4.79 Å². The molecule has 0 fully saturated rings. The number of hydrogen-bond donors (Lipinski definition) is 3. The SMILES string of the molecule is CC(Cl)N(C(=S)Nc1ccc(NNC=O)cc1)C(C)Cl. The summed E-state index contributed by atoms with van der Waals surface area (Å²) in [6.45, 7) is 3.60. The number of nitrogens with one attached hydrogen (secondary N) is 3. The Bertz CT molecular complexity index is 445. The number of carbonyl (C=O) groups is 1. The number of anilines is 2. The molecule has 2 unspecified atom stereocenters. The first-order valence-electron chi connectivity index (χ1n) is 5.88. The van der Waals surface area contributed by atoms with Crippen LogP contribution in [0.1, 0.15) is 13.8 Å². The Hall–Kier alpha value is -1.24. The Morgan fingerprint density at radius 1 is 1.20 bits per heavy atom. The summed E-state index contributed by atoms with van der Waals surface area (Å²) < 4.78 is 0. The standard InChI is InChI=1S/C12H16Cl2N4OS/c1-8(13)18(9(2)14)12(20)16-10-3-5-11(6-4-10)17-15-7-19/h3-9,17H,1-2H3,(H,15,19)(H,16,20). The fourth-order valence-electron chi connectivity index (χ4n) is 1.54. The number of rotatable bonds is 6. The third-order valence-electron chi connectivity index (χ3n) is 2.41. The van der Waals surface area contributed by atoms with Crippen LogP contribution in [-0.4, -0.2) is 27.4 Å². The van der Waals surface area contributed by atoms with Crippen LogP contribution in [0.25, 0.3) is 0 Å². The fourth-order valence-corrected chi connectivity index (χ4v) is 2.68. The molecule has 0 aliphatic carbocycles. The number of alkyl halides is 2. The topological polar surface area (TPSA) is 56.4 Å². The van der Waals surface area contributed by atoms with Crippen LogP contribution >= 0.6 is 35.4 Å². The maximum absolute atomic E-state index is 10.2. The second kappa shape index (κ2) is 8.14. The van der Waals surface area contributed by atoms with E-state index in [4.69, 9.17) is 35.4 Å². The van der Waals surface area contributed by atoms with Gasteiger partial charge in [0.25, 0.3) is 0 Å². The number of hydrogen-bond acceptors (Lipinski definition) is 3. The lowest BCUT2D eigenvalue weighted by atomic mass is 10.3. The molecule has 3 N–H and O–H groups in total. The Balaban J connectivity index is 2.67. The predicted octanol–water partition coefficient (Wildman–Crippen LogP) is 2.93. The van der Waals surface area contributed by atoms with Crippen LogP contribution in [0.2, 0.25) is 0 Å². The predicted molar refractivity (Wildman–Crippen MR) is 88.0 cm³/mol. The van der Waals surface area contributed by atoms with Gasteiger partial charge in [-0.15, -0.1) is 0 Å². The van der Waals surface area contributed by atoms with Gasteiger partial charge in [-0.25, -0.2) is 0 Å². The van der Waals surface area contributed by atoms with E-state index in [2.05, 4.69) is 16.2 Å². The molecule has 0 spiro atoms. The third kappa shape index (κ3) is 5.03. The first-order valence-corrected chi connectivity index (χ1v) is 7.16. The number of thiocarbonyl (C=S) groups is 1. The van der Waals surface area contributed by atoms with Crippen LogP contribution in [0.15, 0.2) is 24.3 Å². The molecule has 1 rings (SSSR count). The molecule has 0 saturated heterocycles. The van der Waals surface area contributed by atoms with Gasteiger partial charge < -0.3 is 10.2 Å². The van der Waals surface area contributed by atoms with E-state index in [1.807, 2.05) is 12.1 Å². The molecule has 0 radical (unpaired) electrons. The third-order valence-corrected chi connectivity index (χ3v) is 3.15. The molecule has 0 heterocycles. The molecule has 1 aromatic carbocycles. The number of hydrazine groups is 1. The largest absolute Gasteiger partial charge is 0.333 e. The average Bonchev–Trinajstić information content (AvgIpc) is 2.37. The molecule has 20 heavy (non-hydrogen) atoms. The maximum Gasteiger partial charge on any atom is 0.225 e. The molecule has 0 bridgehead atoms. The zero-order valence-electron chi connectivity index (χ0n) is 11.1. The van der Waals surface area contributed by atoms with Gasteiger partial charge in [0.2, 0.25) is 6.41 Å². The lowest BCUT2D eigenvalue weighted by molar-refractivity contribution is -0.109. The maximum atomic E-state index is 10.2. The highest BCUT2D eigenvalue weighted by molar-refractivity contribution is 7.80. The lowest BCUT2D eigenvalue weighted by Crippen LogP contribution is -2.42. The van der Waals surface area contributed by atoms with Crippen molar-refractivity contribution in [3.05, 3.63) is 24.3 Å². The second-order valence-electron chi connectivity index (χ2n) is 3.95. The van der Waals surface area contributed by atoms with Gasteiger partial charge in [-0.1, -0.05) is 23.2 Å². The van der Waals surface area contributed by atoms with E-state index in [1.54, 1.807) is 30.9 Å². The first kappa shape index (κ1) is 16.8. The van der Waals surface area contributed by atoms with Crippen molar-refractivity contribution in [1.82, 2.24) is 10.3 Å². The van der Waals surface area contributed by atoms with Gasteiger partial charge in [-0.3, -0.25) is 15.6 Å². The fraction of sp³-hybridized carbons (Fsp3) is 0.333. The first-order chi connectivity index (χ1) is 9.45. The number of halogens is 2. The zero-order chi connectivity index (χ0) is 15.1. The van der Waals surface area contributed by atoms with Gasteiger partial charge in [-0.05, 0) is 50.3 Å². The second-order valence-corrected chi connectivity index (χ2v) is 5.60. The van der Waals surface area contributed by atoms with Gasteiger partial charge in [0.15, 0.2) is 5.11 Å². The molecule has 0 aromatic heterocycles. The highest BCUT2D eigenvalue weighted by Crippen LogP contribution is 2.17. The summed E-state index contributed by atoms with van der Waals surface area (Å²) in [6.07, 6.45) is 0.558. The number of nitrogens with zero attached hydrogens (tertiary/aromatic N) is 1. The molecule has 110 valence electrons. The van der Waals surface area contributed by atoms with Crippen LogP contribution in [-0.2, 0) is 4.79 Å². The van der Waals surface area contributed by atoms with E-state index in [1.165, 1.54) is 0 Å². The Morgan fingerprint density at radius 2 is 1.70 bits per heavy atom. The Kier molecular flexibility index (Phi) is 6.84. The summed E-state index contributed by atoms with van der Waals surface area (Å²) in [7, 11) is 0. The minimum atomic E-state index is -0.319. The van der Waals surface area contributed by atoms with Crippen molar-refractivity contribution in [2.24, 2.45) is 0 Å². The molecular weight excluding hydrogens is 319 g/mol. The highest BCUT2D eigenvalue weighted by Gasteiger charge is 2.19. The zero-order valence-corrected chi connectivity index (χ0v) is 13.4. The molecule has 5 nitrogen and oxygen atoms in total. The van der Waals surface area contributed by atoms with E-state index in [0.717, 1.165) is 11.4 Å². The van der Waals surface area contributed by atoms with E-state index in [-0.39, 0.29) is 11.0 Å². The molecule has 0 aliphatic rings. The van der Waals surface area contributed by atoms with Gasteiger partial charge in [-0.2, -0.15) is 0 Å². The van der Waals surface area contributed by atoms with Gasteiger partial charge >= 0.3 is 0 Å². The minimum Gasteiger partial charge on any atom is -0.333 e. The van der Waals surface area contributed by atoms with Gasteiger partial charge in [0.1, 0.15) is 11.0 Å². The van der Waals surface area contributed by atoms with Crippen LogP contribution in [0.5, 0.6) is 0 Å². The quantitative estimate of drug-likeness (QED) is 0.245. The molecule has 8 heteroatoms. The van der Waals surface area contributed by atoms with Crippen molar-refractivity contribution < 1.29 is 4.79 Å². The summed E-state index contributed by atoms with van der Waals surface area (Å²) in [5, 5.41) is 3.50. The Morgan fingerprint density at radius 3 is 2.15 bits per heavy atom. The lowest BCUT2D eigenvalue weighted by Gasteiger charge is -2.30. The molecule has 0 saturated carbocycles. The number of benzene rings is 1. The average molecular weight is 335 g/mol. The van der Waals surface area contributed by atoms with Crippen LogP contribution in [0.3, 0.4) is 0 Å². The van der Waals surface area contributed by atoms with Crippen molar-refractivity contribution in [3.63, 3.8) is 0 Å². The normalized spacial score (nSPS) is 13.0. The minimum absolute atomic E-state index is 0.319. The molecule has 2 atom stereocenters. The molecule has 1 amide bonds. The number of amides is 1. The van der Waals surface area contributed by atoms with Crippen LogP contribution in [0, 0.1) is 0 Å². The highest BCUT2D eigenvalue weighted by atomic mass is 35.5. The van der Waals surface area contributed by atoms with Crippen LogP contribution < -0.4 is 16.2 Å². The summed E-state index contributed by atoms with van der Waals surface area (Å²) in [5.74, 6) is 0. The van der Waals surface area contributed by atoms with E-state index in [0.29, 0.717) is 11.5 Å². The van der Waals surface area contributed by atoms with Crippen molar-refractivity contribution in [3.8, 4) is 0 Å². The molecule has 0 aliphatic heterocycles. The van der Waals surface area contributed by atoms with Gasteiger partial charge in [0, 0.05) is 5.69 Å². The monoisotopic (exact) mass is 334 g/mol. The van der Waals surface area contributed by atoms with Gasteiger partial charge in [0.05, 0.1) is 5.69 Å². The van der Waals surface area contributed by atoms with E-state index < -0.39 is 0 Å². The smallest absolute Gasteiger partial charge is 0.225 e.